The molecule has 2 aromatic carbocycles. The normalized spacial score (nSPS) is 15.5. The fourth-order valence-electron chi connectivity index (χ4n) is 2.72. The van der Waals surface area contributed by atoms with Crippen LogP contribution in [0.3, 0.4) is 0 Å². The van der Waals surface area contributed by atoms with Gasteiger partial charge in [-0.1, -0.05) is 61.6 Å². The number of rotatable bonds is 7. The topological polar surface area (TPSA) is 38.8 Å². The van der Waals surface area contributed by atoms with Crippen molar-refractivity contribution in [3.63, 3.8) is 0 Å². The van der Waals surface area contributed by atoms with E-state index in [4.69, 9.17) is 33.3 Å². The van der Waals surface area contributed by atoms with Gasteiger partial charge < -0.3 is 9.47 Å². The van der Waals surface area contributed by atoms with Gasteiger partial charge in [-0.15, -0.1) is 0 Å². The van der Waals surface area contributed by atoms with Gasteiger partial charge in [0.2, 0.25) is 0 Å². The first-order valence-electron chi connectivity index (χ1n) is 9.32. The smallest absolute Gasteiger partial charge is 0.270 e. The lowest BCUT2D eigenvalue weighted by molar-refractivity contribution is -0.113. The van der Waals surface area contributed by atoms with Gasteiger partial charge in [-0.2, -0.15) is 0 Å². The minimum atomic E-state index is -0.166. The number of ether oxygens (including phenoxy) is 2. The number of thioether (sulfide) groups is 1. The summed E-state index contributed by atoms with van der Waals surface area (Å²) in [6.07, 6.45) is 1.82. The van der Waals surface area contributed by atoms with Gasteiger partial charge in [0, 0.05) is 5.02 Å². The Morgan fingerprint density at radius 3 is 2.66 bits per heavy atom. The highest BCUT2D eigenvalue weighted by molar-refractivity contribution is 8.27. The zero-order valence-electron chi connectivity index (χ0n) is 16.5. The van der Waals surface area contributed by atoms with Crippen molar-refractivity contribution in [2.45, 2.75) is 20.8 Å². The molecule has 0 aromatic heterocycles. The summed E-state index contributed by atoms with van der Waals surface area (Å²) in [6, 6.07) is 12.8. The number of amides is 1. The first-order chi connectivity index (χ1) is 13.9. The Hall–Kier alpha value is -2.02. The van der Waals surface area contributed by atoms with Crippen LogP contribution < -0.4 is 14.4 Å². The number of carbonyl (C=O) groups is 1. The molecule has 7 heteroatoms. The molecule has 29 heavy (non-hydrogen) atoms. The summed E-state index contributed by atoms with van der Waals surface area (Å²) in [5.74, 6) is 1.61. The molecule has 1 aliphatic heterocycles. The molecule has 2 aromatic rings. The summed E-state index contributed by atoms with van der Waals surface area (Å²) < 4.78 is 12.0. The second-order valence-electron chi connectivity index (χ2n) is 6.84. The van der Waals surface area contributed by atoms with Crippen molar-refractivity contribution in [3.8, 4) is 11.5 Å². The van der Waals surface area contributed by atoms with E-state index in [1.165, 1.54) is 16.7 Å². The molecule has 0 saturated carbocycles. The second-order valence-corrected chi connectivity index (χ2v) is 8.95. The maximum absolute atomic E-state index is 12.9. The number of hydrogen-bond acceptors (Lipinski definition) is 5. The number of benzene rings is 2. The Morgan fingerprint density at radius 1 is 1.17 bits per heavy atom. The highest BCUT2D eigenvalue weighted by Crippen LogP contribution is 2.37. The van der Waals surface area contributed by atoms with Crippen molar-refractivity contribution in [3.05, 3.63) is 58.0 Å². The van der Waals surface area contributed by atoms with Gasteiger partial charge in [-0.3, -0.25) is 9.69 Å². The summed E-state index contributed by atoms with van der Waals surface area (Å²) in [5, 5.41) is 0.555. The number of carbonyl (C=O) groups excluding carboxylic acids is 1. The van der Waals surface area contributed by atoms with Crippen molar-refractivity contribution in [2.24, 2.45) is 5.92 Å². The third-order valence-electron chi connectivity index (χ3n) is 4.00. The second kappa shape index (κ2) is 9.65. The van der Waals surface area contributed by atoms with Gasteiger partial charge in [0.25, 0.3) is 5.91 Å². The Bertz CT molecular complexity index is 959. The molecule has 0 radical (unpaired) electrons. The Morgan fingerprint density at radius 2 is 1.97 bits per heavy atom. The third-order valence-corrected chi connectivity index (χ3v) is 5.53. The molecule has 152 valence electrons. The van der Waals surface area contributed by atoms with E-state index in [0.717, 1.165) is 5.56 Å². The predicted octanol–water partition coefficient (Wildman–Crippen LogP) is 6.18. The van der Waals surface area contributed by atoms with Crippen molar-refractivity contribution < 1.29 is 14.3 Å². The van der Waals surface area contributed by atoms with E-state index in [1.54, 1.807) is 18.2 Å². The first kappa shape index (κ1) is 21.7. The standard InChI is InChI=1S/C22H22ClNO3S2/c1-4-26-19-10-15(8-9-18(19)27-13-14(2)3)11-20-21(25)24(22(28)29-20)17-7-5-6-16(23)12-17/h5-12,14H,4,13H2,1-3H3/b20-11+. The van der Waals surface area contributed by atoms with Crippen LogP contribution >= 0.6 is 35.6 Å². The zero-order chi connectivity index (χ0) is 21.0. The molecule has 0 spiro atoms. The maximum atomic E-state index is 12.9. The Kier molecular flexibility index (Phi) is 7.22. The molecule has 0 unspecified atom stereocenters. The number of nitrogens with zero attached hydrogens (tertiary/aromatic N) is 1. The molecule has 0 N–H and O–H groups in total. The monoisotopic (exact) mass is 447 g/mol. The summed E-state index contributed by atoms with van der Waals surface area (Å²) >= 11 is 12.8. The lowest BCUT2D eigenvalue weighted by atomic mass is 10.1. The minimum Gasteiger partial charge on any atom is -0.490 e. The highest BCUT2D eigenvalue weighted by Gasteiger charge is 2.33. The number of hydrogen-bond donors (Lipinski definition) is 0. The average Bonchev–Trinajstić information content (AvgIpc) is 2.94. The van der Waals surface area contributed by atoms with Crippen molar-refractivity contribution in [2.75, 3.05) is 18.1 Å². The molecule has 0 aliphatic carbocycles. The van der Waals surface area contributed by atoms with Crippen molar-refractivity contribution in [1.29, 1.82) is 0 Å². The number of halogens is 1. The fourth-order valence-corrected chi connectivity index (χ4v) is 4.20. The van der Waals surface area contributed by atoms with Crippen LogP contribution in [0.4, 0.5) is 5.69 Å². The van der Waals surface area contributed by atoms with Crippen LogP contribution in [0.2, 0.25) is 5.02 Å². The quantitative estimate of drug-likeness (QED) is 0.374. The summed E-state index contributed by atoms with van der Waals surface area (Å²) in [5.41, 5.74) is 1.51. The van der Waals surface area contributed by atoms with E-state index in [0.29, 0.717) is 50.6 Å². The third kappa shape index (κ3) is 5.32. The Labute approximate surface area is 185 Å². The van der Waals surface area contributed by atoms with Crippen molar-refractivity contribution in [1.82, 2.24) is 0 Å². The molecular weight excluding hydrogens is 426 g/mol. The molecule has 0 atom stereocenters. The molecule has 3 rings (SSSR count). The maximum Gasteiger partial charge on any atom is 0.270 e. The van der Waals surface area contributed by atoms with Crippen LogP contribution in [0.25, 0.3) is 6.08 Å². The number of thiocarbonyl (C=S) groups is 1. The highest BCUT2D eigenvalue weighted by atomic mass is 35.5. The molecule has 1 aliphatic rings. The molecular formula is C22H22ClNO3S2. The molecule has 1 heterocycles. The SMILES string of the molecule is CCOc1cc(/C=C2/SC(=S)N(c3cccc(Cl)c3)C2=O)ccc1OCC(C)C. The predicted molar refractivity (Wildman–Crippen MR) is 125 cm³/mol. The van der Waals surface area contributed by atoms with Gasteiger partial charge in [0.15, 0.2) is 15.8 Å². The van der Waals surface area contributed by atoms with Crippen LogP contribution in [0.15, 0.2) is 47.4 Å². The van der Waals surface area contributed by atoms with Gasteiger partial charge in [0.05, 0.1) is 23.8 Å². The van der Waals surface area contributed by atoms with Crippen LogP contribution in [0.1, 0.15) is 26.3 Å². The lowest BCUT2D eigenvalue weighted by Crippen LogP contribution is -2.27. The Balaban J connectivity index is 1.86. The summed E-state index contributed by atoms with van der Waals surface area (Å²) in [6.45, 7) is 7.25. The zero-order valence-corrected chi connectivity index (χ0v) is 18.9. The largest absolute Gasteiger partial charge is 0.490 e. The fraction of sp³-hybridized carbons (Fsp3) is 0.273. The van der Waals surface area contributed by atoms with Gasteiger partial charge in [0.1, 0.15) is 0 Å². The van der Waals surface area contributed by atoms with Crippen LogP contribution in [-0.2, 0) is 4.79 Å². The molecule has 1 saturated heterocycles. The van der Waals surface area contributed by atoms with Gasteiger partial charge in [-0.25, -0.2) is 0 Å². The lowest BCUT2D eigenvalue weighted by Gasteiger charge is -2.15. The van der Waals surface area contributed by atoms with Crippen molar-refractivity contribution >= 4 is 57.6 Å². The summed E-state index contributed by atoms with van der Waals surface area (Å²) in [7, 11) is 0. The molecule has 0 bridgehead atoms. The van der Waals surface area contributed by atoms with Gasteiger partial charge in [-0.05, 0) is 54.8 Å². The van der Waals surface area contributed by atoms with E-state index in [9.17, 15) is 4.79 Å². The molecule has 4 nitrogen and oxygen atoms in total. The first-order valence-corrected chi connectivity index (χ1v) is 10.9. The van der Waals surface area contributed by atoms with E-state index < -0.39 is 0 Å². The van der Waals surface area contributed by atoms with Crippen LogP contribution in [-0.4, -0.2) is 23.4 Å². The molecule has 1 fully saturated rings. The minimum absolute atomic E-state index is 0.166. The van der Waals surface area contributed by atoms with Gasteiger partial charge >= 0.3 is 0 Å². The number of anilines is 1. The van der Waals surface area contributed by atoms with Crippen LogP contribution in [0.5, 0.6) is 11.5 Å². The van der Waals surface area contributed by atoms with E-state index in [2.05, 4.69) is 13.8 Å². The van der Waals surface area contributed by atoms with E-state index in [-0.39, 0.29) is 5.91 Å². The molecule has 1 amide bonds. The van der Waals surface area contributed by atoms with E-state index in [1.807, 2.05) is 37.3 Å². The van der Waals surface area contributed by atoms with Crippen LogP contribution in [0, 0.1) is 5.92 Å². The van der Waals surface area contributed by atoms with E-state index >= 15 is 0 Å². The average molecular weight is 448 g/mol. The summed E-state index contributed by atoms with van der Waals surface area (Å²) in [4.78, 5) is 15.0.